The molecule has 7 heteroatoms. The minimum absolute atomic E-state index is 0.0888. The monoisotopic (exact) mass is 586 g/mol. The molecule has 9 unspecified atom stereocenters. The molecule has 0 aromatic rings. The molecule has 5 fully saturated rings. The maximum Gasteiger partial charge on any atom is 0.303 e. The van der Waals surface area contributed by atoms with Crippen molar-refractivity contribution in [3.63, 3.8) is 0 Å². The van der Waals surface area contributed by atoms with E-state index in [0.717, 1.165) is 37.4 Å². The molecule has 4 saturated carbocycles. The van der Waals surface area contributed by atoms with Gasteiger partial charge in [0.25, 0.3) is 0 Å². The third-order valence-corrected chi connectivity index (χ3v) is 13.9. The van der Waals surface area contributed by atoms with E-state index in [9.17, 15) is 15.0 Å². The van der Waals surface area contributed by atoms with E-state index in [2.05, 4.69) is 20.8 Å². The summed E-state index contributed by atoms with van der Waals surface area (Å²) in [6.45, 7) is 12.8. The van der Waals surface area contributed by atoms with E-state index in [0.29, 0.717) is 42.1 Å². The Morgan fingerprint density at radius 1 is 1.02 bits per heavy atom. The van der Waals surface area contributed by atoms with Gasteiger partial charge in [0.2, 0.25) is 0 Å². The maximum atomic E-state index is 11.9. The summed E-state index contributed by atoms with van der Waals surface area (Å²) in [5, 5.41) is 21.0. The standard InChI is InChI=1S/C35H54O7/c1-20(36)40-30(32(4,5)38)25-9-7-23-26(41-25)18-24-22-8-10-27-31(2,3)28(42-29-17-21(37)12-16-39-29)11-13-35(27)19-34(22,35)15-14-33(23,24)6/h21-22,24-25,27-30,37-38H,7-19H2,1-6H3/t21?,22?,24?,25?,27?,28?,29?,30-,33+,34?,35?/m0/s1. The van der Waals surface area contributed by atoms with E-state index >= 15 is 0 Å². The highest BCUT2D eigenvalue weighted by atomic mass is 16.7. The fourth-order valence-electron chi connectivity index (χ4n) is 12.0. The highest BCUT2D eigenvalue weighted by Crippen LogP contribution is 2.87. The van der Waals surface area contributed by atoms with Crippen LogP contribution >= 0.6 is 0 Å². The van der Waals surface area contributed by atoms with Gasteiger partial charge in [0.15, 0.2) is 12.4 Å². The fourth-order valence-corrected chi connectivity index (χ4v) is 12.0. The van der Waals surface area contributed by atoms with Crippen LogP contribution < -0.4 is 0 Å². The van der Waals surface area contributed by atoms with Crippen LogP contribution in [0.4, 0.5) is 0 Å². The van der Waals surface area contributed by atoms with Gasteiger partial charge in [-0.2, -0.15) is 0 Å². The number of hydrogen-bond acceptors (Lipinski definition) is 7. The minimum Gasteiger partial charge on any atom is -0.491 e. The van der Waals surface area contributed by atoms with Gasteiger partial charge in [0.05, 0.1) is 30.2 Å². The van der Waals surface area contributed by atoms with Crippen LogP contribution in [0.3, 0.4) is 0 Å². The van der Waals surface area contributed by atoms with Gasteiger partial charge >= 0.3 is 5.97 Å². The summed E-state index contributed by atoms with van der Waals surface area (Å²) in [5.74, 6) is 2.77. The number of aliphatic hydroxyl groups excluding tert-OH is 1. The Balaban J connectivity index is 1.08. The molecule has 7 aliphatic rings. The molecule has 42 heavy (non-hydrogen) atoms. The van der Waals surface area contributed by atoms with Gasteiger partial charge < -0.3 is 29.2 Å². The summed E-state index contributed by atoms with van der Waals surface area (Å²) >= 11 is 0. The van der Waals surface area contributed by atoms with Crippen LogP contribution in [0.15, 0.2) is 11.3 Å². The van der Waals surface area contributed by atoms with Gasteiger partial charge in [-0.25, -0.2) is 0 Å². The summed E-state index contributed by atoms with van der Waals surface area (Å²) < 4.78 is 24.9. The van der Waals surface area contributed by atoms with Crippen molar-refractivity contribution in [2.45, 2.75) is 155 Å². The van der Waals surface area contributed by atoms with Crippen LogP contribution in [0.1, 0.15) is 119 Å². The first-order valence-electron chi connectivity index (χ1n) is 17.0. The Labute approximate surface area is 252 Å². The Bertz CT molecular complexity index is 1140. The van der Waals surface area contributed by atoms with Crippen molar-refractivity contribution in [1.82, 2.24) is 0 Å². The Morgan fingerprint density at radius 3 is 2.52 bits per heavy atom. The normalized spacial score (nSPS) is 48.0. The molecule has 0 aromatic carbocycles. The third-order valence-electron chi connectivity index (χ3n) is 13.9. The van der Waals surface area contributed by atoms with Gasteiger partial charge in [-0.05, 0) is 123 Å². The van der Waals surface area contributed by atoms with E-state index in [4.69, 9.17) is 18.9 Å². The lowest BCUT2D eigenvalue weighted by molar-refractivity contribution is -0.247. The van der Waals surface area contributed by atoms with Crippen molar-refractivity contribution in [2.75, 3.05) is 6.61 Å². The van der Waals surface area contributed by atoms with Crippen LogP contribution in [0.2, 0.25) is 0 Å². The van der Waals surface area contributed by atoms with E-state index in [1.807, 2.05) is 0 Å². The molecule has 0 radical (unpaired) electrons. The second-order valence-corrected chi connectivity index (χ2v) is 16.7. The van der Waals surface area contributed by atoms with E-state index < -0.39 is 11.7 Å². The van der Waals surface area contributed by atoms with Crippen molar-refractivity contribution < 1.29 is 34.0 Å². The maximum absolute atomic E-state index is 11.9. The summed E-state index contributed by atoms with van der Waals surface area (Å²) in [6, 6.07) is 0. The molecule has 7 rings (SSSR count). The molecule has 2 heterocycles. The molecule has 2 aliphatic heterocycles. The number of aliphatic hydroxyl groups is 2. The molecule has 5 aliphatic carbocycles. The van der Waals surface area contributed by atoms with Gasteiger partial charge in [0.1, 0.15) is 6.10 Å². The second-order valence-electron chi connectivity index (χ2n) is 16.7. The van der Waals surface area contributed by atoms with E-state index in [1.54, 1.807) is 13.8 Å². The van der Waals surface area contributed by atoms with Gasteiger partial charge in [0, 0.05) is 19.8 Å². The Hall–Kier alpha value is -1.15. The van der Waals surface area contributed by atoms with E-state index in [1.165, 1.54) is 51.0 Å². The summed E-state index contributed by atoms with van der Waals surface area (Å²) in [6.07, 6.45) is 11.5. The number of carbonyl (C=O) groups is 1. The number of allylic oxidation sites excluding steroid dienone is 2. The lowest BCUT2D eigenvalue weighted by Crippen LogP contribution is -2.55. The third kappa shape index (κ3) is 4.22. The number of carbonyl (C=O) groups excluding carboxylic acids is 1. The second kappa shape index (κ2) is 9.67. The van der Waals surface area contributed by atoms with Gasteiger partial charge in [-0.3, -0.25) is 4.79 Å². The molecule has 2 N–H and O–H groups in total. The lowest BCUT2D eigenvalue weighted by atomic mass is 9.46. The van der Waals surface area contributed by atoms with Gasteiger partial charge in [-0.15, -0.1) is 0 Å². The molecule has 0 aromatic heterocycles. The summed E-state index contributed by atoms with van der Waals surface area (Å²) in [5.41, 5.74) is 1.51. The quantitative estimate of drug-likeness (QED) is 0.299. The summed E-state index contributed by atoms with van der Waals surface area (Å²) in [7, 11) is 0. The first-order chi connectivity index (χ1) is 19.7. The first kappa shape index (κ1) is 29.6. The van der Waals surface area contributed by atoms with Crippen molar-refractivity contribution in [3.05, 3.63) is 11.3 Å². The molecule has 7 nitrogen and oxygen atoms in total. The summed E-state index contributed by atoms with van der Waals surface area (Å²) in [4.78, 5) is 11.9. The molecular formula is C35H54O7. The largest absolute Gasteiger partial charge is 0.491 e. The fraction of sp³-hybridized carbons (Fsp3) is 0.914. The molecule has 11 atom stereocenters. The zero-order valence-electron chi connectivity index (χ0n) is 26.7. The van der Waals surface area contributed by atoms with Crippen molar-refractivity contribution in [3.8, 4) is 0 Å². The lowest BCUT2D eigenvalue weighted by Gasteiger charge is -2.59. The molecule has 0 amide bonds. The molecule has 0 bridgehead atoms. The van der Waals surface area contributed by atoms with Crippen LogP contribution in [-0.2, 0) is 23.7 Å². The zero-order chi connectivity index (χ0) is 29.9. The minimum atomic E-state index is -1.16. The van der Waals surface area contributed by atoms with E-state index in [-0.39, 0.29) is 41.4 Å². The smallest absolute Gasteiger partial charge is 0.303 e. The molecule has 236 valence electrons. The number of ether oxygens (including phenoxy) is 4. The SMILES string of the molecule is CC(=O)O[C@@H](C1CCC2=C(CC3C4CCC5C(C)(C)C(OC6CC(O)CCO6)CCC56CC46CC[C@]23C)O1)C(C)(C)O. The number of rotatable bonds is 5. The predicted molar refractivity (Wildman–Crippen MR) is 157 cm³/mol. The van der Waals surface area contributed by atoms with Crippen LogP contribution in [0.25, 0.3) is 0 Å². The number of fused-ring (bicyclic) bond motifs is 3. The van der Waals surface area contributed by atoms with Crippen molar-refractivity contribution in [1.29, 1.82) is 0 Å². The zero-order valence-corrected chi connectivity index (χ0v) is 26.7. The number of hydrogen-bond donors (Lipinski definition) is 2. The number of esters is 1. The van der Waals surface area contributed by atoms with Gasteiger partial charge in [-0.1, -0.05) is 20.8 Å². The molecule has 1 saturated heterocycles. The van der Waals surface area contributed by atoms with Crippen molar-refractivity contribution in [2.24, 2.45) is 39.4 Å². The van der Waals surface area contributed by atoms with Crippen LogP contribution in [0.5, 0.6) is 0 Å². The topological polar surface area (TPSA) is 94.5 Å². The average Bonchev–Trinajstić information content (AvgIpc) is 3.48. The Morgan fingerprint density at radius 2 is 1.81 bits per heavy atom. The van der Waals surface area contributed by atoms with Crippen LogP contribution in [-0.4, -0.2) is 59.1 Å². The van der Waals surface area contributed by atoms with Crippen LogP contribution in [0, 0.1) is 39.4 Å². The molecular weight excluding hydrogens is 532 g/mol. The average molecular weight is 587 g/mol. The highest BCUT2D eigenvalue weighted by molar-refractivity contribution is 5.66. The Kier molecular flexibility index (Phi) is 6.81. The molecule has 2 spiro atoms. The first-order valence-corrected chi connectivity index (χ1v) is 17.0. The predicted octanol–water partition coefficient (Wildman–Crippen LogP) is 6.05. The van der Waals surface area contributed by atoms with Crippen molar-refractivity contribution >= 4 is 5.97 Å². The highest BCUT2D eigenvalue weighted by Gasteiger charge is 2.80.